The number of carboxylic acid groups (broad SMARTS) is 1. The molecule has 4 aromatic rings. The van der Waals surface area contributed by atoms with Crippen molar-refractivity contribution in [3.8, 4) is 22.9 Å². The first-order chi connectivity index (χ1) is 26.5. The summed E-state index contributed by atoms with van der Waals surface area (Å²) in [7, 11) is -4.84. The Labute approximate surface area is 321 Å². The summed E-state index contributed by atoms with van der Waals surface area (Å²) < 4.78 is 41.4. The number of unbranched alkanes of at least 4 members (excludes halogenated alkanes) is 14. The number of carboxylic acids is 1. The molecule has 0 atom stereocenters. The highest BCUT2D eigenvalue weighted by atomic mass is 32.2. The molecule has 14 nitrogen and oxygen atoms in total. The standard InChI is InChI=1S/C40H51N5O9S/c1-2-3-4-5-6-7-8-9-10-11-12-13-14-15-19-22-36(47)41-38-37(43-42-29-23-25-33(46)32(27-29)40(49)50)39(48)45(44-38)30-24-26-34(35(28-30)55(51,52)53)54-31-20-17-16-18-21-31/h16-18,20-21,23-28,44,46H,2-15,19,22H2,1H3,(H,41,47)(H,49,50)(H,51,52,53). The zero-order valence-corrected chi connectivity index (χ0v) is 32.0. The van der Waals surface area contributed by atoms with Crippen LogP contribution in [0.25, 0.3) is 5.69 Å². The quantitative estimate of drug-likeness (QED) is 0.0260. The number of H-pyrrole nitrogens is 1. The van der Waals surface area contributed by atoms with Gasteiger partial charge in [-0.15, -0.1) is 5.11 Å². The Morgan fingerprint density at radius 1 is 0.800 bits per heavy atom. The predicted molar refractivity (Wildman–Crippen MR) is 210 cm³/mol. The number of aromatic nitrogens is 2. The molecule has 1 amide bonds. The Hall–Kier alpha value is -5.28. The number of carbonyl (C=O) groups excluding carboxylic acids is 1. The van der Waals surface area contributed by atoms with Gasteiger partial charge in [0.2, 0.25) is 5.91 Å². The van der Waals surface area contributed by atoms with E-state index in [0.717, 1.165) is 42.1 Å². The van der Waals surface area contributed by atoms with Crippen LogP contribution in [0.3, 0.4) is 0 Å². The molecule has 296 valence electrons. The fourth-order valence-electron chi connectivity index (χ4n) is 6.05. The van der Waals surface area contributed by atoms with Crippen molar-refractivity contribution in [2.45, 2.75) is 115 Å². The number of aromatic carboxylic acids is 1. The van der Waals surface area contributed by atoms with E-state index in [2.05, 4.69) is 27.6 Å². The highest BCUT2D eigenvalue weighted by Crippen LogP contribution is 2.32. The largest absolute Gasteiger partial charge is 0.507 e. The van der Waals surface area contributed by atoms with E-state index in [-0.39, 0.29) is 35.1 Å². The van der Waals surface area contributed by atoms with Gasteiger partial charge in [0.1, 0.15) is 27.7 Å². The van der Waals surface area contributed by atoms with Crippen LogP contribution in [0.2, 0.25) is 0 Å². The lowest BCUT2D eigenvalue weighted by atomic mass is 10.0. The van der Waals surface area contributed by atoms with Crippen molar-refractivity contribution < 1.29 is 37.5 Å². The third-order valence-electron chi connectivity index (χ3n) is 9.05. The van der Waals surface area contributed by atoms with Gasteiger partial charge in [0.05, 0.1) is 11.4 Å². The molecule has 0 radical (unpaired) electrons. The molecule has 15 heteroatoms. The number of carbonyl (C=O) groups is 2. The molecule has 5 N–H and O–H groups in total. The second-order valence-electron chi connectivity index (χ2n) is 13.5. The second kappa shape index (κ2) is 21.6. The summed E-state index contributed by atoms with van der Waals surface area (Å²) in [6, 6.07) is 15.4. The number of para-hydroxylation sites is 1. The summed E-state index contributed by atoms with van der Waals surface area (Å²) in [5.41, 5.74) is -1.70. The lowest BCUT2D eigenvalue weighted by Gasteiger charge is -2.11. The first kappa shape index (κ1) is 42.5. The predicted octanol–water partition coefficient (Wildman–Crippen LogP) is 10.2. The van der Waals surface area contributed by atoms with Crippen LogP contribution in [0.4, 0.5) is 17.2 Å². The second-order valence-corrected chi connectivity index (χ2v) is 14.8. The average Bonchev–Trinajstić information content (AvgIpc) is 3.46. The van der Waals surface area contributed by atoms with Gasteiger partial charge in [-0.2, -0.15) is 13.5 Å². The van der Waals surface area contributed by atoms with Gasteiger partial charge in [0.15, 0.2) is 11.5 Å². The smallest absolute Gasteiger partial charge is 0.339 e. The number of amides is 1. The summed E-state index contributed by atoms with van der Waals surface area (Å²) in [4.78, 5) is 37.7. The molecule has 4 rings (SSSR count). The zero-order valence-electron chi connectivity index (χ0n) is 31.2. The van der Waals surface area contributed by atoms with Crippen LogP contribution in [0.5, 0.6) is 17.2 Å². The SMILES string of the molecule is CCCCCCCCCCCCCCCCCC(=O)Nc1[nH]n(-c2ccc(Oc3ccccc3)c(S(=O)(=O)O)c2)c(=O)c1N=Nc1ccc(O)c(C(=O)O)c1. The van der Waals surface area contributed by atoms with E-state index < -0.39 is 43.8 Å². The molecule has 0 saturated heterocycles. The summed E-state index contributed by atoms with van der Waals surface area (Å²) in [5.74, 6) is -2.33. The molecule has 0 aliphatic heterocycles. The Morgan fingerprint density at radius 3 is 1.98 bits per heavy atom. The van der Waals surface area contributed by atoms with Crippen LogP contribution in [0.1, 0.15) is 120 Å². The zero-order chi connectivity index (χ0) is 39.6. The minimum absolute atomic E-state index is 0.00601. The van der Waals surface area contributed by atoms with Gasteiger partial charge < -0.3 is 20.3 Å². The maximum absolute atomic E-state index is 13.7. The first-order valence-electron chi connectivity index (χ1n) is 19.0. The minimum atomic E-state index is -4.84. The van der Waals surface area contributed by atoms with Crippen LogP contribution in [-0.4, -0.2) is 44.8 Å². The number of benzene rings is 3. The monoisotopic (exact) mass is 777 g/mol. The summed E-state index contributed by atoms with van der Waals surface area (Å²) in [6.45, 7) is 2.24. The molecule has 0 aliphatic rings. The van der Waals surface area contributed by atoms with E-state index in [0.29, 0.717) is 12.2 Å². The van der Waals surface area contributed by atoms with Gasteiger partial charge in [-0.25, -0.2) is 9.48 Å². The minimum Gasteiger partial charge on any atom is -0.507 e. The molecular formula is C40H51N5O9S. The van der Waals surface area contributed by atoms with Crippen molar-refractivity contribution in [2.75, 3.05) is 5.32 Å². The molecule has 0 fully saturated rings. The molecular weight excluding hydrogens is 727 g/mol. The van der Waals surface area contributed by atoms with Crippen molar-refractivity contribution in [3.63, 3.8) is 0 Å². The Morgan fingerprint density at radius 2 is 1.40 bits per heavy atom. The van der Waals surface area contributed by atoms with Crippen LogP contribution < -0.4 is 15.6 Å². The number of rotatable bonds is 24. The number of nitrogens with zero attached hydrogens (tertiary/aromatic N) is 3. The number of azo groups is 1. The highest BCUT2D eigenvalue weighted by Gasteiger charge is 2.23. The molecule has 3 aromatic carbocycles. The van der Waals surface area contributed by atoms with Crippen molar-refractivity contribution in [2.24, 2.45) is 10.2 Å². The number of anilines is 1. The van der Waals surface area contributed by atoms with E-state index in [1.165, 1.54) is 88.8 Å². The van der Waals surface area contributed by atoms with Gasteiger partial charge in [-0.05, 0) is 55.0 Å². The van der Waals surface area contributed by atoms with E-state index in [9.17, 15) is 37.6 Å². The van der Waals surface area contributed by atoms with Crippen molar-refractivity contribution in [1.29, 1.82) is 0 Å². The first-order valence-corrected chi connectivity index (χ1v) is 20.4. The topological polar surface area (TPSA) is 213 Å². The number of aromatic amines is 1. The molecule has 0 unspecified atom stereocenters. The highest BCUT2D eigenvalue weighted by molar-refractivity contribution is 7.86. The number of hydrogen-bond acceptors (Lipinski definition) is 9. The van der Waals surface area contributed by atoms with Crippen LogP contribution >= 0.6 is 0 Å². The fourth-order valence-corrected chi connectivity index (χ4v) is 6.69. The van der Waals surface area contributed by atoms with E-state index in [4.69, 9.17) is 4.74 Å². The Bertz CT molecular complexity index is 2060. The molecule has 0 bridgehead atoms. The van der Waals surface area contributed by atoms with Crippen LogP contribution in [0.15, 0.2) is 86.6 Å². The van der Waals surface area contributed by atoms with E-state index in [1.807, 2.05) is 0 Å². The molecule has 0 spiro atoms. The third kappa shape index (κ3) is 13.5. The van der Waals surface area contributed by atoms with Gasteiger partial charge in [-0.1, -0.05) is 115 Å². The van der Waals surface area contributed by atoms with Gasteiger partial charge >= 0.3 is 11.5 Å². The fraction of sp³-hybridized carbons (Fsp3) is 0.425. The molecule has 55 heavy (non-hydrogen) atoms. The van der Waals surface area contributed by atoms with E-state index >= 15 is 0 Å². The number of nitrogens with one attached hydrogen (secondary N) is 2. The summed E-state index contributed by atoms with van der Waals surface area (Å²) in [6.07, 6.45) is 18.0. The Kier molecular flexibility index (Phi) is 16.7. The van der Waals surface area contributed by atoms with Crippen LogP contribution in [-0.2, 0) is 14.9 Å². The van der Waals surface area contributed by atoms with Gasteiger partial charge in [-0.3, -0.25) is 19.2 Å². The van der Waals surface area contributed by atoms with Crippen molar-refractivity contribution >= 4 is 39.2 Å². The third-order valence-corrected chi connectivity index (χ3v) is 9.92. The van der Waals surface area contributed by atoms with E-state index in [1.54, 1.807) is 30.3 Å². The summed E-state index contributed by atoms with van der Waals surface area (Å²) >= 11 is 0. The number of phenols is 1. The normalized spacial score (nSPS) is 11.6. The molecule has 1 heterocycles. The Balaban J connectivity index is 1.43. The number of ether oxygens (including phenoxy) is 1. The number of hydrogen-bond donors (Lipinski definition) is 5. The van der Waals surface area contributed by atoms with Gasteiger partial charge in [0.25, 0.3) is 10.1 Å². The van der Waals surface area contributed by atoms with Gasteiger partial charge in [0, 0.05) is 6.42 Å². The van der Waals surface area contributed by atoms with Crippen molar-refractivity contribution in [3.05, 3.63) is 82.6 Å². The molecule has 0 saturated carbocycles. The average molecular weight is 778 g/mol. The molecule has 0 aliphatic carbocycles. The maximum Gasteiger partial charge on any atom is 0.339 e. The lowest BCUT2D eigenvalue weighted by molar-refractivity contribution is -0.116. The van der Waals surface area contributed by atoms with Crippen molar-refractivity contribution in [1.82, 2.24) is 9.78 Å². The number of aromatic hydroxyl groups is 1. The summed E-state index contributed by atoms with van der Waals surface area (Å²) in [5, 5.41) is 32.6. The van der Waals surface area contributed by atoms with Crippen LogP contribution in [0, 0.1) is 0 Å². The molecule has 1 aromatic heterocycles. The maximum atomic E-state index is 13.7. The lowest BCUT2D eigenvalue weighted by Crippen LogP contribution is -2.15.